The molecule has 8 heteroatoms. The highest BCUT2D eigenvalue weighted by Crippen LogP contribution is 2.36. The second-order valence-electron chi connectivity index (χ2n) is 5.96. The van der Waals surface area contributed by atoms with Crippen LogP contribution in [0.3, 0.4) is 0 Å². The van der Waals surface area contributed by atoms with Crippen molar-refractivity contribution in [2.75, 3.05) is 5.32 Å². The minimum atomic E-state index is -4.46. The van der Waals surface area contributed by atoms with Gasteiger partial charge in [-0.15, -0.1) is 0 Å². The molecule has 2 aromatic heterocycles. The van der Waals surface area contributed by atoms with Gasteiger partial charge in [-0.05, 0) is 42.7 Å². The lowest BCUT2D eigenvalue weighted by Crippen LogP contribution is -2.12. The fourth-order valence-electron chi connectivity index (χ4n) is 2.64. The first kappa shape index (κ1) is 18.6. The Kier molecular flexibility index (Phi) is 5.25. The molecule has 0 aliphatic heterocycles. The summed E-state index contributed by atoms with van der Waals surface area (Å²) in [6, 6.07) is 8.44. The lowest BCUT2D eigenvalue weighted by Gasteiger charge is -2.09. The molecule has 0 saturated carbocycles. The van der Waals surface area contributed by atoms with E-state index in [9.17, 15) is 18.0 Å². The van der Waals surface area contributed by atoms with Gasteiger partial charge in [-0.2, -0.15) is 13.2 Å². The van der Waals surface area contributed by atoms with Crippen molar-refractivity contribution >= 4 is 11.8 Å². The summed E-state index contributed by atoms with van der Waals surface area (Å²) in [5, 5.41) is 6.36. The van der Waals surface area contributed by atoms with Gasteiger partial charge in [0, 0.05) is 18.8 Å². The van der Waals surface area contributed by atoms with Gasteiger partial charge in [-0.1, -0.05) is 23.4 Å². The summed E-state index contributed by atoms with van der Waals surface area (Å²) in [6.07, 6.45) is -0.504. The number of carbonyl (C=O) groups excluding carboxylic acids is 1. The summed E-state index contributed by atoms with van der Waals surface area (Å²) >= 11 is 0. The molecule has 0 radical (unpaired) electrons. The maximum absolute atomic E-state index is 13.0. The number of nitrogens with zero attached hydrogens (tertiary/aromatic N) is 2. The third-order valence-corrected chi connectivity index (χ3v) is 3.96. The lowest BCUT2D eigenvalue weighted by molar-refractivity contribution is -0.137. The largest absolute Gasteiger partial charge is 0.416 e. The van der Waals surface area contributed by atoms with E-state index in [4.69, 9.17) is 4.52 Å². The van der Waals surface area contributed by atoms with E-state index < -0.39 is 11.7 Å². The molecule has 0 aliphatic carbocycles. The van der Waals surface area contributed by atoms with Crippen LogP contribution < -0.4 is 5.32 Å². The van der Waals surface area contributed by atoms with Crippen molar-refractivity contribution in [2.45, 2.75) is 25.9 Å². The van der Waals surface area contributed by atoms with Crippen LogP contribution in [0.2, 0.25) is 0 Å². The fraction of sp³-hybridized carbons (Fsp3) is 0.211. The Morgan fingerprint density at radius 1 is 1.22 bits per heavy atom. The average molecular weight is 375 g/mol. The molecule has 0 fully saturated rings. The summed E-state index contributed by atoms with van der Waals surface area (Å²) in [7, 11) is 0. The number of aryl methyl sites for hydroxylation is 2. The van der Waals surface area contributed by atoms with Gasteiger partial charge in [0.05, 0.1) is 16.8 Å². The molecule has 27 heavy (non-hydrogen) atoms. The van der Waals surface area contributed by atoms with Crippen LogP contribution in [0.5, 0.6) is 0 Å². The molecule has 0 bridgehead atoms. The lowest BCUT2D eigenvalue weighted by atomic mass is 10.0. The van der Waals surface area contributed by atoms with Gasteiger partial charge >= 0.3 is 6.18 Å². The summed E-state index contributed by atoms with van der Waals surface area (Å²) in [4.78, 5) is 16.2. The third kappa shape index (κ3) is 4.52. The molecule has 2 heterocycles. The van der Waals surface area contributed by atoms with E-state index in [0.29, 0.717) is 17.7 Å². The monoisotopic (exact) mass is 375 g/mol. The molecule has 5 nitrogen and oxygen atoms in total. The normalized spacial score (nSPS) is 11.4. The smallest absolute Gasteiger partial charge is 0.337 e. The molecule has 1 N–H and O–H groups in total. The van der Waals surface area contributed by atoms with Gasteiger partial charge in [0.1, 0.15) is 0 Å². The molecule has 1 aromatic carbocycles. The van der Waals surface area contributed by atoms with E-state index in [1.54, 1.807) is 25.4 Å². The zero-order chi connectivity index (χ0) is 19.4. The highest BCUT2D eigenvalue weighted by atomic mass is 19.4. The van der Waals surface area contributed by atoms with E-state index in [1.165, 1.54) is 12.1 Å². The fourth-order valence-corrected chi connectivity index (χ4v) is 2.64. The van der Waals surface area contributed by atoms with Crippen LogP contribution in [-0.4, -0.2) is 16.0 Å². The number of hydrogen-bond acceptors (Lipinski definition) is 4. The minimum Gasteiger partial charge on any atom is -0.337 e. The van der Waals surface area contributed by atoms with E-state index in [2.05, 4.69) is 15.5 Å². The predicted octanol–water partition coefficient (Wildman–Crippen LogP) is 4.64. The summed E-state index contributed by atoms with van der Waals surface area (Å²) < 4.78 is 44.0. The zero-order valence-corrected chi connectivity index (χ0v) is 14.4. The summed E-state index contributed by atoms with van der Waals surface area (Å²) in [6.45, 7) is 1.60. The maximum Gasteiger partial charge on any atom is 0.416 e. The number of benzene rings is 1. The molecule has 3 aromatic rings. The first-order valence-corrected chi connectivity index (χ1v) is 8.17. The molecule has 140 valence electrons. The Morgan fingerprint density at radius 2 is 2.04 bits per heavy atom. The maximum atomic E-state index is 13.0. The van der Waals surface area contributed by atoms with Gasteiger partial charge in [0.25, 0.3) is 0 Å². The first-order chi connectivity index (χ1) is 12.8. The van der Waals surface area contributed by atoms with Gasteiger partial charge in [-0.25, -0.2) is 0 Å². The van der Waals surface area contributed by atoms with Crippen molar-refractivity contribution in [1.29, 1.82) is 0 Å². The minimum absolute atomic E-state index is 0.0306. The number of pyridine rings is 1. The predicted molar refractivity (Wildman–Crippen MR) is 92.9 cm³/mol. The molecule has 0 unspecified atom stereocenters. The number of anilines is 1. The molecule has 0 spiro atoms. The molecule has 0 aliphatic rings. The SMILES string of the molecule is Cc1noc(NC(=O)CCc2cccnc2)c1-c1cccc(C(F)(F)F)c1. The highest BCUT2D eigenvalue weighted by molar-refractivity contribution is 5.94. The second kappa shape index (κ2) is 7.61. The number of carbonyl (C=O) groups is 1. The molecule has 0 atom stereocenters. The quantitative estimate of drug-likeness (QED) is 0.706. The Labute approximate surface area is 153 Å². The Bertz CT molecular complexity index is 937. The molecule has 3 rings (SSSR count). The van der Waals surface area contributed by atoms with Crippen molar-refractivity contribution in [1.82, 2.24) is 10.1 Å². The van der Waals surface area contributed by atoms with Crippen LogP contribution in [-0.2, 0) is 17.4 Å². The zero-order valence-electron chi connectivity index (χ0n) is 14.4. The summed E-state index contributed by atoms with van der Waals surface area (Å²) in [5.41, 5.74) is 1.10. The second-order valence-corrected chi connectivity index (χ2v) is 5.96. The summed E-state index contributed by atoms with van der Waals surface area (Å²) in [5.74, 6) is -0.300. The average Bonchev–Trinajstić information content (AvgIpc) is 3.00. The number of hydrogen-bond donors (Lipinski definition) is 1. The van der Waals surface area contributed by atoms with Crippen molar-refractivity contribution in [3.8, 4) is 11.1 Å². The highest BCUT2D eigenvalue weighted by Gasteiger charge is 2.31. The number of aromatic nitrogens is 2. The van der Waals surface area contributed by atoms with E-state index >= 15 is 0 Å². The number of halogens is 3. The van der Waals surface area contributed by atoms with Crippen LogP contribution in [0, 0.1) is 6.92 Å². The van der Waals surface area contributed by atoms with E-state index in [0.717, 1.165) is 17.7 Å². The van der Waals surface area contributed by atoms with Crippen LogP contribution in [0.25, 0.3) is 11.1 Å². The first-order valence-electron chi connectivity index (χ1n) is 8.17. The van der Waals surface area contributed by atoms with Crippen molar-refractivity contribution < 1.29 is 22.5 Å². The van der Waals surface area contributed by atoms with Crippen molar-refractivity contribution in [3.05, 3.63) is 65.6 Å². The van der Waals surface area contributed by atoms with E-state index in [1.807, 2.05) is 6.07 Å². The molecule has 0 saturated heterocycles. The topological polar surface area (TPSA) is 68.0 Å². The number of rotatable bonds is 5. The standard InChI is InChI=1S/C19H16F3N3O2/c1-12-17(14-5-2-6-15(10-14)19(20,21)22)18(27-25-12)24-16(26)8-7-13-4-3-9-23-11-13/h2-6,9-11H,7-8H2,1H3,(H,24,26). The van der Waals surface area contributed by atoms with Crippen LogP contribution in [0.15, 0.2) is 53.3 Å². The Morgan fingerprint density at radius 3 is 2.74 bits per heavy atom. The number of nitrogens with one attached hydrogen (secondary N) is 1. The van der Waals surface area contributed by atoms with Crippen LogP contribution in [0.4, 0.5) is 19.1 Å². The van der Waals surface area contributed by atoms with Gasteiger partial charge in [-0.3, -0.25) is 15.1 Å². The molecular weight excluding hydrogens is 359 g/mol. The number of amides is 1. The van der Waals surface area contributed by atoms with E-state index in [-0.39, 0.29) is 23.8 Å². The van der Waals surface area contributed by atoms with Crippen molar-refractivity contribution in [2.24, 2.45) is 0 Å². The molecule has 1 amide bonds. The van der Waals surface area contributed by atoms with Gasteiger partial charge in [0.2, 0.25) is 11.8 Å². The third-order valence-electron chi connectivity index (χ3n) is 3.96. The van der Waals surface area contributed by atoms with Gasteiger partial charge in [0.15, 0.2) is 0 Å². The van der Waals surface area contributed by atoms with Crippen LogP contribution in [0.1, 0.15) is 23.2 Å². The van der Waals surface area contributed by atoms with Gasteiger partial charge < -0.3 is 4.52 Å². The molecular formula is C19H16F3N3O2. The number of alkyl halides is 3. The van der Waals surface area contributed by atoms with Crippen LogP contribution >= 0.6 is 0 Å². The Hall–Kier alpha value is -3.16. The Balaban J connectivity index is 1.78. The van der Waals surface area contributed by atoms with Crippen molar-refractivity contribution in [3.63, 3.8) is 0 Å².